The number of aliphatic hydroxyl groups excluding tert-OH is 1. The number of nitro benzene ring substituents is 1. The fourth-order valence-electron chi connectivity index (χ4n) is 1.82. The second-order valence-electron chi connectivity index (χ2n) is 4.01. The maximum atomic E-state index is 11.5. The van der Waals surface area contributed by atoms with E-state index < -0.39 is 10.9 Å². The van der Waals surface area contributed by atoms with Crippen molar-refractivity contribution in [3.63, 3.8) is 0 Å². The molecule has 0 aliphatic carbocycles. The van der Waals surface area contributed by atoms with Crippen LogP contribution in [0.15, 0.2) is 18.2 Å². The van der Waals surface area contributed by atoms with Crippen LogP contribution in [-0.2, 0) is 4.74 Å². The minimum atomic E-state index is -0.746. The molecule has 1 aliphatic rings. The SMILES string of the molecule is COC(=O)c1cc(N2CC(O)C2)ccc1[N+](=O)[O-]. The summed E-state index contributed by atoms with van der Waals surface area (Å²) in [4.78, 5) is 23.5. The van der Waals surface area contributed by atoms with Crippen LogP contribution in [0.5, 0.6) is 0 Å². The van der Waals surface area contributed by atoms with Gasteiger partial charge in [0.15, 0.2) is 0 Å². The van der Waals surface area contributed by atoms with Crippen LogP contribution in [0.1, 0.15) is 10.4 Å². The Morgan fingerprint density at radius 2 is 2.22 bits per heavy atom. The second-order valence-corrected chi connectivity index (χ2v) is 4.01. The van der Waals surface area contributed by atoms with Crippen molar-refractivity contribution in [1.29, 1.82) is 0 Å². The Labute approximate surface area is 103 Å². The first-order chi connectivity index (χ1) is 8.52. The lowest BCUT2D eigenvalue weighted by molar-refractivity contribution is -0.385. The molecule has 0 radical (unpaired) electrons. The molecule has 0 atom stereocenters. The Bertz CT molecular complexity index is 496. The lowest BCUT2D eigenvalue weighted by atomic mass is 10.1. The van der Waals surface area contributed by atoms with E-state index in [1.54, 1.807) is 6.07 Å². The smallest absolute Gasteiger partial charge is 0.344 e. The molecule has 0 amide bonds. The van der Waals surface area contributed by atoms with E-state index in [-0.39, 0.29) is 17.4 Å². The van der Waals surface area contributed by atoms with E-state index >= 15 is 0 Å². The second kappa shape index (κ2) is 4.61. The molecule has 0 bridgehead atoms. The van der Waals surface area contributed by atoms with Crippen LogP contribution in [0.2, 0.25) is 0 Å². The number of methoxy groups -OCH3 is 1. The molecule has 18 heavy (non-hydrogen) atoms. The first kappa shape index (κ1) is 12.3. The molecular formula is C11H12N2O5. The summed E-state index contributed by atoms with van der Waals surface area (Å²) in [5.41, 5.74) is 0.291. The minimum Gasteiger partial charge on any atom is -0.465 e. The molecule has 1 saturated heterocycles. The molecule has 1 aromatic carbocycles. The van der Waals surface area contributed by atoms with E-state index in [9.17, 15) is 20.0 Å². The molecule has 1 aromatic rings. The zero-order chi connectivity index (χ0) is 13.3. The minimum absolute atomic E-state index is 0.0820. The fraction of sp³-hybridized carbons (Fsp3) is 0.364. The van der Waals surface area contributed by atoms with Gasteiger partial charge in [-0.15, -0.1) is 0 Å². The molecule has 0 unspecified atom stereocenters. The van der Waals surface area contributed by atoms with Gasteiger partial charge in [-0.1, -0.05) is 0 Å². The molecule has 1 heterocycles. The number of hydrogen-bond donors (Lipinski definition) is 1. The van der Waals surface area contributed by atoms with Gasteiger partial charge < -0.3 is 14.7 Å². The lowest BCUT2D eigenvalue weighted by Crippen LogP contribution is -2.50. The lowest BCUT2D eigenvalue weighted by Gasteiger charge is -2.37. The van der Waals surface area contributed by atoms with Gasteiger partial charge >= 0.3 is 5.97 Å². The number of β-amino-alcohol motifs (C(OH)–C–C–N with tert-alkyl or cyclic N) is 1. The predicted octanol–water partition coefficient (Wildman–Crippen LogP) is 0.562. The molecule has 2 rings (SSSR count). The summed E-state index contributed by atoms with van der Waals surface area (Å²) < 4.78 is 4.52. The number of nitrogens with zero attached hydrogens (tertiary/aromatic N) is 2. The Morgan fingerprint density at radius 1 is 1.56 bits per heavy atom. The summed E-state index contributed by atoms with van der Waals surface area (Å²) in [5, 5.41) is 20.0. The van der Waals surface area contributed by atoms with Crippen molar-refractivity contribution >= 4 is 17.3 Å². The van der Waals surface area contributed by atoms with E-state index in [1.165, 1.54) is 19.2 Å². The van der Waals surface area contributed by atoms with E-state index in [4.69, 9.17) is 0 Å². The molecule has 7 heteroatoms. The van der Waals surface area contributed by atoms with Gasteiger partial charge in [-0.2, -0.15) is 0 Å². The molecule has 1 fully saturated rings. The maximum Gasteiger partial charge on any atom is 0.344 e. The normalized spacial score (nSPS) is 15.1. The number of rotatable bonds is 3. The molecule has 96 valence electrons. The monoisotopic (exact) mass is 252 g/mol. The van der Waals surface area contributed by atoms with Crippen molar-refractivity contribution in [2.24, 2.45) is 0 Å². The standard InChI is InChI=1S/C11H12N2O5/c1-18-11(15)9-4-7(12-5-8(14)6-12)2-3-10(9)13(16)17/h2-4,8,14H,5-6H2,1H3. The van der Waals surface area contributed by atoms with Gasteiger partial charge in [0.1, 0.15) is 5.56 Å². The Morgan fingerprint density at radius 3 is 2.72 bits per heavy atom. The fourth-order valence-corrected chi connectivity index (χ4v) is 1.82. The first-order valence-corrected chi connectivity index (χ1v) is 5.32. The zero-order valence-corrected chi connectivity index (χ0v) is 9.70. The van der Waals surface area contributed by atoms with E-state index in [1.807, 2.05) is 4.90 Å². The first-order valence-electron chi connectivity index (χ1n) is 5.32. The number of carbonyl (C=O) groups excluding carboxylic acids is 1. The van der Waals surface area contributed by atoms with Gasteiger partial charge in [-0.3, -0.25) is 10.1 Å². The average Bonchev–Trinajstić information content (AvgIpc) is 2.33. The van der Waals surface area contributed by atoms with Crippen molar-refractivity contribution in [2.45, 2.75) is 6.10 Å². The zero-order valence-electron chi connectivity index (χ0n) is 9.70. The number of hydrogen-bond acceptors (Lipinski definition) is 6. The molecule has 1 N–H and O–H groups in total. The summed E-state index contributed by atoms with van der Waals surface area (Å²) >= 11 is 0. The highest BCUT2D eigenvalue weighted by Gasteiger charge is 2.28. The summed E-state index contributed by atoms with van der Waals surface area (Å²) in [7, 11) is 1.17. The van der Waals surface area contributed by atoms with Crippen LogP contribution in [0.25, 0.3) is 0 Å². The molecule has 0 spiro atoms. The van der Waals surface area contributed by atoms with Crippen LogP contribution in [0.4, 0.5) is 11.4 Å². The quantitative estimate of drug-likeness (QED) is 0.480. The molecular weight excluding hydrogens is 240 g/mol. The molecule has 1 aliphatic heterocycles. The van der Waals surface area contributed by atoms with Crippen LogP contribution in [0.3, 0.4) is 0 Å². The van der Waals surface area contributed by atoms with E-state index in [0.29, 0.717) is 18.8 Å². The number of esters is 1. The average molecular weight is 252 g/mol. The van der Waals surface area contributed by atoms with Crippen molar-refractivity contribution in [1.82, 2.24) is 0 Å². The number of ether oxygens (including phenoxy) is 1. The molecule has 0 saturated carbocycles. The van der Waals surface area contributed by atoms with E-state index in [2.05, 4.69) is 4.74 Å². The van der Waals surface area contributed by atoms with Gasteiger partial charge in [0, 0.05) is 24.8 Å². The molecule has 0 aromatic heterocycles. The Kier molecular flexibility index (Phi) is 3.15. The number of nitro groups is 1. The van der Waals surface area contributed by atoms with Crippen molar-refractivity contribution in [3.8, 4) is 0 Å². The van der Waals surface area contributed by atoms with Gasteiger partial charge in [-0.05, 0) is 12.1 Å². The van der Waals surface area contributed by atoms with Crippen LogP contribution >= 0.6 is 0 Å². The summed E-state index contributed by atoms with van der Waals surface area (Å²) in [6.45, 7) is 0.914. The van der Waals surface area contributed by atoms with Crippen molar-refractivity contribution in [3.05, 3.63) is 33.9 Å². The van der Waals surface area contributed by atoms with Gasteiger partial charge in [-0.25, -0.2) is 4.79 Å². The highest BCUT2D eigenvalue weighted by molar-refractivity contribution is 5.95. The van der Waals surface area contributed by atoms with Gasteiger partial charge in [0.05, 0.1) is 18.1 Å². The summed E-state index contributed by atoms with van der Waals surface area (Å²) in [5.74, 6) is -0.746. The van der Waals surface area contributed by atoms with Crippen LogP contribution in [0, 0.1) is 10.1 Å². The Hall–Kier alpha value is -2.15. The highest BCUT2D eigenvalue weighted by Crippen LogP contribution is 2.28. The maximum absolute atomic E-state index is 11.5. The van der Waals surface area contributed by atoms with Crippen LogP contribution < -0.4 is 4.90 Å². The topological polar surface area (TPSA) is 92.9 Å². The van der Waals surface area contributed by atoms with Crippen molar-refractivity contribution < 1.29 is 19.6 Å². The number of aliphatic hydroxyl groups is 1. The number of anilines is 1. The van der Waals surface area contributed by atoms with Crippen LogP contribution in [-0.4, -0.2) is 42.3 Å². The largest absolute Gasteiger partial charge is 0.465 e. The Balaban J connectivity index is 2.36. The third kappa shape index (κ3) is 2.12. The third-order valence-electron chi connectivity index (χ3n) is 2.81. The summed E-state index contributed by atoms with van der Waals surface area (Å²) in [6, 6.07) is 4.23. The predicted molar refractivity (Wildman–Crippen MR) is 62.7 cm³/mol. The summed E-state index contributed by atoms with van der Waals surface area (Å²) in [6.07, 6.45) is -0.387. The van der Waals surface area contributed by atoms with Gasteiger partial charge in [0.25, 0.3) is 5.69 Å². The highest BCUT2D eigenvalue weighted by atomic mass is 16.6. The molecule has 7 nitrogen and oxygen atoms in total. The van der Waals surface area contributed by atoms with Crippen molar-refractivity contribution in [2.75, 3.05) is 25.1 Å². The third-order valence-corrected chi connectivity index (χ3v) is 2.81. The number of benzene rings is 1. The van der Waals surface area contributed by atoms with E-state index in [0.717, 1.165) is 0 Å². The van der Waals surface area contributed by atoms with Gasteiger partial charge in [0.2, 0.25) is 0 Å². The number of carbonyl (C=O) groups is 1.